The summed E-state index contributed by atoms with van der Waals surface area (Å²) in [5.41, 5.74) is 45.7. The van der Waals surface area contributed by atoms with Gasteiger partial charge in [-0.15, -0.1) is 0 Å². The molecule has 71 heavy (non-hydrogen) atoms. The van der Waals surface area contributed by atoms with Gasteiger partial charge in [0.2, 0.25) is 0 Å². The van der Waals surface area contributed by atoms with Gasteiger partial charge in [0.05, 0.1) is 0 Å². The lowest BCUT2D eigenvalue weighted by molar-refractivity contribution is -1.33. The molecule has 320 valence electrons. The molecular weight excluding hydrogens is 853 g/mol. The molecule has 0 saturated heterocycles. The lowest BCUT2D eigenvalue weighted by Gasteiger charge is -3.77. The Morgan fingerprint density at radius 3 is 0.831 bits per heavy atom. The van der Waals surface area contributed by atoms with Gasteiger partial charge in [0, 0.05) is 0 Å². The minimum Gasteiger partial charge on any atom is -0.0464 e. The van der Waals surface area contributed by atoms with Crippen molar-refractivity contribution in [1.29, 1.82) is 0 Å². The zero-order valence-corrected chi connectivity index (χ0v) is 38.5. The zero-order chi connectivity index (χ0) is 38.5. The van der Waals surface area contributed by atoms with Crippen LogP contribution >= 0.6 is 0 Å². The van der Waals surface area contributed by atoms with Gasteiger partial charge in [-0.25, -0.2) is 0 Å². The van der Waals surface area contributed by atoms with Crippen molar-refractivity contribution >= 4 is 0 Å². The molecule has 54 aliphatic rings. The Hall–Kier alpha value is 0. The molecule has 66 atom stereocenters. The predicted octanol–water partition coefficient (Wildman–Crippen LogP) is 5.15. The normalized spacial score (nSPS) is 149. The van der Waals surface area contributed by atoms with Crippen LogP contribution < -0.4 is 0 Å². The Kier molecular flexibility index (Phi) is 1.02. The van der Waals surface area contributed by atoms with Crippen LogP contribution in [0.3, 0.4) is 0 Å². The first-order valence-corrected chi connectivity index (χ1v) is 35.3. The smallest absolute Gasteiger partial charge is 0.0000251 e. The van der Waals surface area contributed by atoms with E-state index in [0.29, 0.717) is 0 Å². The minimum absolute atomic E-state index is 1.06. The molecule has 54 saturated carbocycles. The van der Waals surface area contributed by atoms with E-state index in [4.69, 9.17) is 0 Å². The van der Waals surface area contributed by atoms with Gasteiger partial charge >= 0.3 is 0 Å². The Bertz CT molecular complexity index is 5380. The van der Waals surface area contributed by atoms with E-state index in [-0.39, 0.29) is 0 Å². The zero-order valence-electron chi connectivity index (χ0n) is 38.5. The molecule has 0 nitrogen and oxygen atoms in total. The molecule has 0 aliphatic heterocycles. The van der Waals surface area contributed by atoms with Gasteiger partial charge in [0.15, 0.2) is 0 Å². The highest BCUT2D eigenvalue weighted by molar-refractivity contribution is 6.25. The Labute approximate surface area is 400 Å². The third-order valence-corrected chi connectivity index (χ3v) is 64.6. The van der Waals surface area contributed by atoms with E-state index in [1.807, 2.05) is 32.1 Å². The van der Waals surface area contributed by atoms with Crippen molar-refractivity contribution in [2.75, 3.05) is 0 Å². The van der Waals surface area contributed by atoms with Gasteiger partial charge in [-0.05, 0) is 403 Å². The van der Waals surface area contributed by atoms with Crippen molar-refractivity contribution < 1.29 is 0 Å². The van der Waals surface area contributed by atoms with Crippen LogP contribution in [0.25, 0.3) is 0 Å². The Balaban J connectivity index is 0.732. The number of hydrogen-bond donors (Lipinski definition) is 0. The third-order valence-electron chi connectivity index (χ3n) is 64.6. The van der Waals surface area contributed by atoms with Crippen molar-refractivity contribution in [3.05, 3.63) is 0 Å². The minimum atomic E-state index is 1.06. The highest BCUT2D eigenvalue weighted by Crippen LogP contribution is 3.82. The molecule has 0 aromatic heterocycles. The first-order valence-electron chi connectivity index (χ1n) is 35.3. The maximum absolute atomic E-state index is 1.98. The molecule has 0 aromatic rings. The lowest BCUT2D eigenvalue weighted by Crippen LogP contribution is -3.76. The summed E-state index contributed by atoms with van der Waals surface area (Å²) >= 11 is 0. The maximum Gasteiger partial charge on any atom is -0.0000251 e. The highest BCUT2D eigenvalue weighted by Gasteiger charge is 3.81. The van der Waals surface area contributed by atoms with Gasteiger partial charge in [0.25, 0.3) is 0 Å². The van der Waals surface area contributed by atoms with Crippen molar-refractivity contribution in [2.24, 2.45) is 370 Å². The molecule has 54 fully saturated rings. The van der Waals surface area contributed by atoms with E-state index >= 15 is 0 Å². The van der Waals surface area contributed by atoms with Crippen molar-refractivity contribution in [2.45, 2.75) is 32.1 Å². The number of rotatable bonds is 0. The number of fused-ring (bicyclic) bond motifs is 23. The molecule has 0 heteroatoms. The summed E-state index contributed by atoms with van der Waals surface area (Å²) < 4.78 is 0. The fourth-order valence-corrected chi connectivity index (χ4v) is 84.8. The van der Waals surface area contributed by atoms with E-state index in [2.05, 4.69) is 0 Å². The van der Waals surface area contributed by atoms with E-state index in [9.17, 15) is 0 Å². The average molecular weight is 889 g/mol. The molecule has 2 bridgehead atoms. The molecule has 0 radical (unpaired) electrons. The SMILES string of the molecule is C1C2CC34C1C1C5C6C7CC8C9C%10C%11C%12C%13C%14C%15CC%16C%17C%18C%19C%20CC%21C%22C%23C%24C%25C%26C2C32C%263C%25%26C%24%25C%23%24C%22%23C%20%21C%19%20C%18%19C%17%18C%16%15C%14%15C%13%14C%12%13C%11%12C%10%11C9%10C78C67C56C14C21C62C7%10C%114C%125C%136C%147C%18%15C%198C%20%23C%249C%25%10C%26%11C31C24C%115C%106C897. The average Bonchev–Trinajstić information content (AvgIpc) is 0.560. The van der Waals surface area contributed by atoms with Gasteiger partial charge in [-0.1, -0.05) is 0 Å². The highest BCUT2D eigenvalue weighted by atomic mass is 15.8. The van der Waals surface area contributed by atoms with Gasteiger partial charge in [-0.3, -0.25) is 0 Å². The Morgan fingerprint density at radius 1 is 0.169 bits per heavy atom. The molecule has 0 N–H and O–H groups in total. The second-order valence-electron chi connectivity index (χ2n) is 47.2. The van der Waals surface area contributed by atoms with Crippen LogP contribution in [0.5, 0.6) is 0 Å². The van der Waals surface area contributed by atoms with Gasteiger partial charge in [0.1, 0.15) is 0 Å². The first-order chi connectivity index (χ1) is 35.3. The largest absolute Gasteiger partial charge is 0.0464 e. The second-order valence-corrected chi connectivity index (χ2v) is 47.2. The molecule has 0 amide bonds. The first kappa shape index (κ1) is 22.6. The van der Waals surface area contributed by atoms with Crippen LogP contribution in [0.4, 0.5) is 0 Å². The van der Waals surface area contributed by atoms with Crippen LogP contribution in [0, 0.1) is 370 Å². The summed E-state index contributed by atoms with van der Waals surface area (Å²) in [6, 6.07) is 0. The van der Waals surface area contributed by atoms with Crippen LogP contribution in [-0.2, 0) is 0 Å². The van der Waals surface area contributed by atoms with E-state index in [1.54, 1.807) is 0 Å². The van der Waals surface area contributed by atoms with Gasteiger partial charge < -0.3 is 0 Å². The standard InChI is InChI=1S/C71H36/c1-6-5-32-7(1)15-23-16-8-2-11-19-26-30-31-27-21-13-4-10-18-24-17-9-3-12-20-25-29-28-22-14(6)36(32)45(22)50(28)51(29)47(25)42(20)34(9,12)39(17)46(24)40(18)35(10,13)43(21)49(27)53(31)52(30)48(26)41(19)33(8,11)38(16)44(23)37(15,32)54(36)58(44)55(38,41)61(48)66(52)67(53)63(49)57(40,43)59(46)56(39,42)62(47)65(51)64(50)60(45,54)68(58,61)70(64,66)71(65,67)69(59,62)63/h6-31H,1-5H2. The molecular formula is C71H36. The van der Waals surface area contributed by atoms with Gasteiger partial charge in [-0.2, -0.15) is 0 Å². The second kappa shape index (κ2) is 3.19. The summed E-state index contributed by atoms with van der Waals surface area (Å²) in [5, 5.41) is 0. The maximum atomic E-state index is 1.98. The molecule has 54 rings (SSSR count). The van der Waals surface area contributed by atoms with Crippen LogP contribution in [-0.4, -0.2) is 0 Å². The van der Waals surface area contributed by atoms with Crippen LogP contribution in [0.2, 0.25) is 0 Å². The van der Waals surface area contributed by atoms with Crippen molar-refractivity contribution in [1.82, 2.24) is 0 Å². The molecule has 54 aliphatic carbocycles. The summed E-state index contributed by atoms with van der Waals surface area (Å²) in [5.74, 6) is 36.9. The van der Waals surface area contributed by atoms with E-state index in [0.717, 1.165) is 195 Å². The summed E-state index contributed by atoms with van der Waals surface area (Å²) in [4.78, 5) is 0. The Morgan fingerprint density at radius 2 is 0.408 bits per heavy atom. The number of hydrogen-bond acceptors (Lipinski definition) is 0. The fraction of sp³-hybridized carbons (Fsp3) is 1.00. The molecule has 66 unspecified atom stereocenters. The quantitative estimate of drug-likeness (QED) is 0.316. The van der Waals surface area contributed by atoms with Crippen molar-refractivity contribution in [3.8, 4) is 0 Å². The van der Waals surface area contributed by atoms with E-state index < -0.39 is 0 Å². The molecule has 0 aromatic carbocycles. The van der Waals surface area contributed by atoms with Crippen LogP contribution in [0.1, 0.15) is 32.1 Å². The predicted molar refractivity (Wildman–Crippen MR) is 211 cm³/mol. The monoisotopic (exact) mass is 888 g/mol. The topological polar surface area (TPSA) is 0 Å². The lowest BCUT2D eigenvalue weighted by atomic mass is 8.25. The summed E-state index contributed by atoms with van der Waals surface area (Å²) in [6.45, 7) is 0. The van der Waals surface area contributed by atoms with E-state index in [1.165, 1.54) is 176 Å². The summed E-state index contributed by atoms with van der Waals surface area (Å²) in [7, 11) is 0. The molecule has 0 heterocycles. The van der Waals surface area contributed by atoms with Crippen molar-refractivity contribution in [3.63, 3.8) is 0 Å². The third kappa shape index (κ3) is 0.436. The fourth-order valence-electron chi connectivity index (χ4n) is 84.8. The van der Waals surface area contributed by atoms with Crippen LogP contribution in [0.15, 0.2) is 0 Å². The summed E-state index contributed by atoms with van der Waals surface area (Å²) in [6.07, 6.45) is 9.56. The molecule has 40 spiro atoms.